The van der Waals surface area contributed by atoms with Gasteiger partial charge < -0.3 is 16.0 Å². The number of carbonyl (C=O) groups is 1. The van der Waals surface area contributed by atoms with Crippen molar-refractivity contribution in [2.45, 2.75) is 38.0 Å². The molecule has 1 fully saturated rings. The Bertz CT molecular complexity index is 635. The number of rotatable bonds is 4. The molecule has 0 aliphatic carbocycles. The van der Waals surface area contributed by atoms with Crippen LogP contribution < -0.4 is 15.8 Å². The number of sulfonamides is 1. The van der Waals surface area contributed by atoms with E-state index in [0.29, 0.717) is 37.3 Å². The van der Waals surface area contributed by atoms with E-state index in [9.17, 15) is 13.2 Å². The molecule has 1 saturated heterocycles. The minimum absolute atomic E-state index is 0.108. The van der Waals surface area contributed by atoms with Crippen LogP contribution in [0.2, 0.25) is 0 Å². The molecule has 0 radical (unpaired) electrons. The monoisotopic (exact) mass is 340 g/mol. The number of carbonyl (C=O) groups excluding carboxylic acids is 1. The standard InChI is InChI=1S/C15H24N4O3S/c1-11(2)23(21,22)18-14-7-9-19(10-8-14)15(20)17-13-5-3-12(16)4-6-13/h3-6,11,14,18H,7-10,16H2,1-2H3,(H,17,20). The molecule has 8 heteroatoms. The normalized spacial score (nSPS) is 16.6. The van der Waals surface area contributed by atoms with Crippen molar-refractivity contribution in [2.24, 2.45) is 0 Å². The van der Waals surface area contributed by atoms with Crippen molar-refractivity contribution in [3.05, 3.63) is 24.3 Å². The van der Waals surface area contributed by atoms with Crippen molar-refractivity contribution in [2.75, 3.05) is 24.1 Å². The van der Waals surface area contributed by atoms with Crippen molar-refractivity contribution >= 4 is 27.4 Å². The van der Waals surface area contributed by atoms with Crippen molar-refractivity contribution < 1.29 is 13.2 Å². The summed E-state index contributed by atoms with van der Waals surface area (Å²) >= 11 is 0. The average Bonchev–Trinajstić information content (AvgIpc) is 2.49. The Morgan fingerprint density at radius 1 is 1.22 bits per heavy atom. The summed E-state index contributed by atoms with van der Waals surface area (Å²) in [4.78, 5) is 13.9. The van der Waals surface area contributed by atoms with E-state index in [1.165, 1.54) is 0 Å². The van der Waals surface area contributed by atoms with Gasteiger partial charge in [-0.25, -0.2) is 17.9 Å². The zero-order valence-corrected chi connectivity index (χ0v) is 14.3. The van der Waals surface area contributed by atoms with Gasteiger partial charge in [0.05, 0.1) is 5.25 Å². The molecule has 0 unspecified atom stereocenters. The van der Waals surface area contributed by atoms with Gasteiger partial charge in [-0.3, -0.25) is 0 Å². The van der Waals surface area contributed by atoms with Crippen molar-refractivity contribution in [3.63, 3.8) is 0 Å². The number of piperidine rings is 1. The first kappa shape index (κ1) is 17.6. The van der Waals surface area contributed by atoms with Crippen LogP contribution in [0.3, 0.4) is 0 Å². The van der Waals surface area contributed by atoms with Gasteiger partial charge in [0.15, 0.2) is 0 Å². The predicted molar refractivity (Wildman–Crippen MR) is 91.7 cm³/mol. The van der Waals surface area contributed by atoms with E-state index in [1.54, 1.807) is 43.0 Å². The summed E-state index contributed by atoms with van der Waals surface area (Å²) in [6, 6.07) is 6.65. The summed E-state index contributed by atoms with van der Waals surface area (Å²) in [6.45, 7) is 4.34. The van der Waals surface area contributed by atoms with Gasteiger partial charge in [-0.1, -0.05) is 0 Å². The van der Waals surface area contributed by atoms with Gasteiger partial charge in [0.25, 0.3) is 0 Å². The first-order valence-corrected chi connectivity index (χ1v) is 9.25. The van der Waals surface area contributed by atoms with E-state index in [0.717, 1.165) is 0 Å². The molecule has 2 rings (SSSR count). The van der Waals surface area contributed by atoms with E-state index in [4.69, 9.17) is 5.73 Å². The second-order valence-corrected chi connectivity index (χ2v) is 8.29. The summed E-state index contributed by atoms with van der Waals surface area (Å²) in [7, 11) is -3.27. The highest BCUT2D eigenvalue weighted by Crippen LogP contribution is 2.15. The highest BCUT2D eigenvalue weighted by Gasteiger charge is 2.27. The summed E-state index contributed by atoms with van der Waals surface area (Å²) in [5.74, 6) is 0. The van der Waals surface area contributed by atoms with Crippen molar-refractivity contribution in [1.82, 2.24) is 9.62 Å². The van der Waals surface area contributed by atoms with Crippen LogP contribution in [0.4, 0.5) is 16.2 Å². The van der Waals surface area contributed by atoms with E-state index in [2.05, 4.69) is 10.0 Å². The molecule has 0 spiro atoms. The number of nitrogens with two attached hydrogens (primary N) is 1. The Morgan fingerprint density at radius 2 is 1.78 bits per heavy atom. The molecule has 0 atom stereocenters. The molecule has 1 aliphatic rings. The molecule has 1 aliphatic heterocycles. The lowest BCUT2D eigenvalue weighted by molar-refractivity contribution is 0.193. The fourth-order valence-electron chi connectivity index (χ4n) is 2.34. The Morgan fingerprint density at radius 3 is 2.30 bits per heavy atom. The van der Waals surface area contributed by atoms with Crippen LogP contribution in [0.15, 0.2) is 24.3 Å². The van der Waals surface area contributed by atoms with Crippen molar-refractivity contribution in [3.8, 4) is 0 Å². The van der Waals surface area contributed by atoms with Crippen LogP contribution in [0, 0.1) is 0 Å². The van der Waals surface area contributed by atoms with Gasteiger partial charge in [-0.2, -0.15) is 0 Å². The van der Waals surface area contributed by atoms with E-state index >= 15 is 0 Å². The van der Waals surface area contributed by atoms with Crippen LogP contribution in [-0.2, 0) is 10.0 Å². The minimum Gasteiger partial charge on any atom is -0.399 e. The van der Waals surface area contributed by atoms with Crippen LogP contribution in [0.25, 0.3) is 0 Å². The maximum atomic E-state index is 12.2. The zero-order chi connectivity index (χ0) is 17.0. The Hall–Kier alpha value is -1.80. The third-order valence-electron chi connectivity index (χ3n) is 3.90. The van der Waals surface area contributed by atoms with E-state index in [1.807, 2.05) is 0 Å². The molecule has 0 saturated carbocycles. The third-order valence-corrected chi connectivity index (χ3v) is 5.80. The van der Waals surface area contributed by atoms with Gasteiger partial charge in [0, 0.05) is 30.5 Å². The Balaban J connectivity index is 1.84. The number of urea groups is 1. The molecule has 1 aromatic carbocycles. The number of likely N-dealkylation sites (tertiary alicyclic amines) is 1. The average molecular weight is 340 g/mol. The molecule has 0 aromatic heterocycles. The number of nitrogens with zero attached hydrogens (tertiary/aromatic N) is 1. The van der Waals surface area contributed by atoms with Crippen LogP contribution in [0.5, 0.6) is 0 Å². The molecule has 1 heterocycles. The van der Waals surface area contributed by atoms with Crippen LogP contribution in [-0.4, -0.2) is 43.7 Å². The minimum atomic E-state index is -3.27. The van der Waals surface area contributed by atoms with Crippen LogP contribution >= 0.6 is 0 Å². The molecule has 2 amide bonds. The molecule has 4 N–H and O–H groups in total. The molecule has 23 heavy (non-hydrogen) atoms. The fraction of sp³-hybridized carbons (Fsp3) is 0.533. The molecule has 1 aromatic rings. The summed E-state index contributed by atoms with van der Waals surface area (Å²) < 4.78 is 26.4. The summed E-state index contributed by atoms with van der Waals surface area (Å²) in [5.41, 5.74) is 6.93. The van der Waals surface area contributed by atoms with E-state index in [-0.39, 0.29) is 12.1 Å². The number of anilines is 2. The van der Waals surface area contributed by atoms with Gasteiger partial charge in [0.2, 0.25) is 10.0 Å². The number of nitrogen functional groups attached to an aromatic ring is 1. The smallest absolute Gasteiger partial charge is 0.321 e. The number of hydrogen-bond donors (Lipinski definition) is 3. The first-order chi connectivity index (χ1) is 10.8. The first-order valence-electron chi connectivity index (χ1n) is 7.70. The number of amides is 2. The SMILES string of the molecule is CC(C)S(=O)(=O)NC1CCN(C(=O)Nc2ccc(N)cc2)CC1. The second-order valence-electron chi connectivity index (χ2n) is 6.03. The third kappa shape index (κ3) is 4.84. The zero-order valence-electron chi connectivity index (χ0n) is 13.5. The fourth-order valence-corrected chi connectivity index (χ4v) is 3.31. The number of hydrogen-bond acceptors (Lipinski definition) is 4. The lowest BCUT2D eigenvalue weighted by atomic mass is 10.1. The molecule has 7 nitrogen and oxygen atoms in total. The summed E-state index contributed by atoms with van der Waals surface area (Å²) in [5, 5.41) is 2.36. The Labute approximate surface area is 137 Å². The highest BCUT2D eigenvalue weighted by molar-refractivity contribution is 7.90. The Kier molecular flexibility index (Phi) is 5.48. The van der Waals surface area contributed by atoms with Gasteiger partial charge in [-0.15, -0.1) is 0 Å². The maximum Gasteiger partial charge on any atom is 0.321 e. The van der Waals surface area contributed by atoms with Gasteiger partial charge in [-0.05, 0) is 51.0 Å². The lowest BCUT2D eigenvalue weighted by Crippen LogP contribution is -2.48. The largest absolute Gasteiger partial charge is 0.399 e. The topological polar surface area (TPSA) is 105 Å². The molecular formula is C15H24N4O3S. The lowest BCUT2D eigenvalue weighted by Gasteiger charge is -2.32. The number of benzene rings is 1. The predicted octanol–water partition coefficient (Wildman–Crippen LogP) is 1.59. The van der Waals surface area contributed by atoms with E-state index < -0.39 is 15.3 Å². The quantitative estimate of drug-likeness (QED) is 0.724. The van der Waals surface area contributed by atoms with Gasteiger partial charge in [0.1, 0.15) is 0 Å². The molecule has 0 bridgehead atoms. The van der Waals surface area contributed by atoms with Crippen molar-refractivity contribution in [1.29, 1.82) is 0 Å². The molecular weight excluding hydrogens is 316 g/mol. The number of nitrogens with one attached hydrogen (secondary N) is 2. The van der Waals surface area contributed by atoms with Crippen LogP contribution in [0.1, 0.15) is 26.7 Å². The second kappa shape index (κ2) is 7.18. The summed E-state index contributed by atoms with van der Waals surface area (Å²) in [6.07, 6.45) is 1.22. The maximum absolute atomic E-state index is 12.2. The highest BCUT2D eigenvalue weighted by atomic mass is 32.2. The van der Waals surface area contributed by atoms with Gasteiger partial charge >= 0.3 is 6.03 Å². The molecule has 128 valence electrons.